The summed E-state index contributed by atoms with van der Waals surface area (Å²) in [5.74, 6) is -0.579. The van der Waals surface area contributed by atoms with Gasteiger partial charge in [-0.2, -0.15) is 0 Å². The molecule has 1 atom stereocenters. The van der Waals surface area contributed by atoms with Crippen LogP contribution in [0.2, 0.25) is 0 Å². The average Bonchev–Trinajstić information content (AvgIpc) is 2.03. The average molecular weight is 344 g/mol. The predicted molar refractivity (Wildman–Crippen MR) is 53.8 cm³/mol. The van der Waals surface area contributed by atoms with E-state index in [9.17, 15) is 4.79 Å². The van der Waals surface area contributed by atoms with Crippen LogP contribution in [0, 0.1) is 35.6 Å². The van der Waals surface area contributed by atoms with Gasteiger partial charge in [-0.15, -0.1) is 0 Å². The number of unbranched alkanes of at least 4 members (excludes halogenated alkanes) is 1. The number of esters is 1. The van der Waals surface area contributed by atoms with Crippen molar-refractivity contribution in [1.82, 2.24) is 0 Å². The second-order valence-corrected chi connectivity index (χ2v) is 3.03. The fraction of sp³-hybridized carbons (Fsp3) is 0.714. The van der Waals surface area contributed by atoms with Crippen molar-refractivity contribution in [3.05, 3.63) is 0 Å². The van der Waals surface area contributed by atoms with Gasteiger partial charge in [0.1, 0.15) is 6.04 Å². The van der Waals surface area contributed by atoms with Crippen molar-refractivity contribution in [3.63, 3.8) is 0 Å². The van der Waals surface area contributed by atoms with Gasteiger partial charge >= 0.3 is 5.97 Å². The molecular weight excluding hydrogens is 329 g/mol. The van der Waals surface area contributed by atoms with E-state index in [0.29, 0.717) is 13.0 Å². The first-order chi connectivity index (χ1) is 6.07. The fourth-order valence-corrected chi connectivity index (χ4v) is 0.883. The maximum atomic E-state index is 11.0. The van der Waals surface area contributed by atoms with Gasteiger partial charge in [-0.25, -0.2) is 4.79 Å². The number of ether oxygens (including phenoxy) is 1. The van der Waals surface area contributed by atoms with Crippen molar-refractivity contribution < 1.29 is 45.1 Å². The summed E-state index contributed by atoms with van der Waals surface area (Å²) < 4.78 is 4.46. The number of nitrogens with two attached hydrogens (primary N) is 3. The monoisotopic (exact) mass is 344 g/mol. The predicted octanol–water partition coefficient (Wildman–Crippen LogP) is -0.770. The van der Waals surface area contributed by atoms with Crippen molar-refractivity contribution in [1.29, 1.82) is 0 Å². The number of rotatable bonds is 5. The summed E-state index contributed by atoms with van der Waals surface area (Å²) in [4.78, 5) is 11.0. The topological polar surface area (TPSA) is 104 Å². The minimum absolute atomic E-state index is 0. The SMILES string of the molecule is NCCCC[C@H](N)C(=O)OC(N)=S.[La]. The Balaban J connectivity index is 0. The van der Waals surface area contributed by atoms with Crippen LogP contribution in [0.1, 0.15) is 19.3 Å². The van der Waals surface area contributed by atoms with Crippen molar-refractivity contribution in [2.75, 3.05) is 6.54 Å². The molecule has 0 aliphatic carbocycles. The summed E-state index contributed by atoms with van der Waals surface area (Å²) in [6.07, 6.45) is 2.18. The maximum absolute atomic E-state index is 11.0. The van der Waals surface area contributed by atoms with E-state index in [1.807, 2.05) is 0 Å². The van der Waals surface area contributed by atoms with Crippen LogP contribution in [0.4, 0.5) is 0 Å². The normalized spacial score (nSPS) is 11.3. The molecule has 0 bridgehead atoms. The zero-order chi connectivity index (χ0) is 10.3. The van der Waals surface area contributed by atoms with E-state index in [4.69, 9.17) is 17.2 Å². The molecule has 0 spiro atoms. The van der Waals surface area contributed by atoms with Crippen molar-refractivity contribution >= 4 is 23.4 Å². The fourth-order valence-electron chi connectivity index (χ4n) is 0.801. The second kappa shape index (κ2) is 10.0. The zero-order valence-corrected chi connectivity index (χ0v) is 12.4. The molecule has 0 rings (SSSR count). The molecule has 1 radical (unpaired) electrons. The van der Waals surface area contributed by atoms with Gasteiger partial charge in [0.05, 0.1) is 0 Å². The number of thiocarbonyl (C=S) groups is 1. The van der Waals surface area contributed by atoms with Gasteiger partial charge in [-0.05, 0) is 31.6 Å². The summed E-state index contributed by atoms with van der Waals surface area (Å²) in [7, 11) is 0. The Morgan fingerprint density at radius 1 is 1.43 bits per heavy atom. The van der Waals surface area contributed by atoms with E-state index in [2.05, 4.69) is 17.0 Å². The first-order valence-electron chi connectivity index (χ1n) is 4.04. The number of carbonyl (C=O) groups excluding carboxylic acids is 1. The van der Waals surface area contributed by atoms with E-state index in [0.717, 1.165) is 12.8 Å². The molecule has 5 nitrogen and oxygen atoms in total. The molecule has 7 heteroatoms. The molecule has 0 aromatic carbocycles. The molecule has 79 valence electrons. The van der Waals surface area contributed by atoms with E-state index < -0.39 is 12.0 Å². The Morgan fingerprint density at radius 2 is 2.00 bits per heavy atom. The van der Waals surface area contributed by atoms with Crippen molar-refractivity contribution in [2.24, 2.45) is 17.2 Å². The minimum atomic E-state index is -0.659. The molecule has 0 heterocycles. The third-order valence-electron chi connectivity index (χ3n) is 1.47. The summed E-state index contributed by atoms with van der Waals surface area (Å²) in [5.41, 5.74) is 15.7. The van der Waals surface area contributed by atoms with E-state index in [-0.39, 0.29) is 40.8 Å². The second-order valence-electron chi connectivity index (χ2n) is 2.63. The number of hydrogen-bond donors (Lipinski definition) is 3. The first-order valence-corrected chi connectivity index (χ1v) is 4.45. The maximum Gasteiger partial charge on any atom is 0.330 e. The Labute approximate surface area is 117 Å². The summed E-state index contributed by atoms with van der Waals surface area (Å²) in [5, 5.41) is -0.292. The van der Waals surface area contributed by atoms with Crippen molar-refractivity contribution in [2.45, 2.75) is 25.3 Å². The Bertz CT molecular complexity index is 192. The third kappa shape index (κ3) is 9.05. The Kier molecular flexibility index (Phi) is 12.1. The molecule has 0 aliphatic heterocycles. The third-order valence-corrected chi connectivity index (χ3v) is 1.56. The van der Waals surface area contributed by atoms with Gasteiger partial charge < -0.3 is 21.9 Å². The Morgan fingerprint density at radius 3 is 2.43 bits per heavy atom. The summed E-state index contributed by atoms with van der Waals surface area (Å²) >= 11 is 4.39. The molecule has 14 heavy (non-hydrogen) atoms. The molecule has 0 amide bonds. The molecule has 0 saturated carbocycles. The first kappa shape index (κ1) is 16.9. The molecule has 0 aromatic rings. The van der Waals surface area contributed by atoms with Crippen LogP contribution in [-0.2, 0) is 9.53 Å². The van der Waals surface area contributed by atoms with Gasteiger partial charge in [0.15, 0.2) is 0 Å². The molecule has 0 unspecified atom stereocenters. The largest absolute Gasteiger partial charge is 0.398 e. The summed E-state index contributed by atoms with van der Waals surface area (Å²) in [6, 6.07) is -0.659. The smallest absolute Gasteiger partial charge is 0.330 e. The van der Waals surface area contributed by atoms with E-state index in [1.165, 1.54) is 0 Å². The molecule has 6 N–H and O–H groups in total. The van der Waals surface area contributed by atoms with Crippen LogP contribution in [0.25, 0.3) is 0 Å². The molecule has 0 aromatic heterocycles. The standard InChI is InChI=1S/C7H15N3O2S.La/c8-4-2-1-3-5(9)6(11)12-7(10)13;/h5H,1-4,8-9H2,(H2,10,13);/t5-;/m0./s1. The van der Waals surface area contributed by atoms with Gasteiger partial charge in [0, 0.05) is 35.6 Å². The summed E-state index contributed by atoms with van der Waals surface area (Å²) in [6.45, 7) is 0.594. The van der Waals surface area contributed by atoms with Crippen LogP contribution < -0.4 is 17.2 Å². The minimum Gasteiger partial charge on any atom is -0.398 e. The Hall–Kier alpha value is 0.475. The number of carbonyl (C=O) groups is 1. The quantitative estimate of drug-likeness (QED) is 0.344. The number of hydrogen-bond acceptors (Lipinski definition) is 5. The molecular formula is C7H15LaN3O2S. The molecule has 0 saturated heterocycles. The van der Waals surface area contributed by atoms with Gasteiger partial charge in [0.2, 0.25) is 0 Å². The van der Waals surface area contributed by atoms with Gasteiger partial charge in [-0.3, -0.25) is 0 Å². The van der Waals surface area contributed by atoms with E-state index in [1.54, 1.807) is 0 Å². The van der Waals surface area contributed by atoms with Crippen LogP contribution in [0.5, 0.6) is 0 Å². The molecule has 0 aliphatic rings. The van der Waals surface area contributed by atoms with Gasteiger partial charge in [0.25, 0.3) is 5.17 Å². The molecule has 0 fully saturated rings. The van der Waals surface area contributed by atoms with Crippen LogP contribution in [-0.4, -0.2) is 23.7 Å². The van der Waals surface area contributed by atoms with Crippen LogP contribution in [0.3, 0.4) is 0 Å². The van der Waals surface area contributed by atoms with Crippen LogP contribution >= 0.6 is 12.2 Å². The zero-order valence-electron chi connectivity index (χ0n) is 7.94. The van der Waals surface area contributed by atoms with Crippen LogP contribution in [0.15, 0.2) is 0 Å². The van der Waals surface area contributed by atoms with Crippen molar-refractivity contribution in [3.8, 4) is 0 Å². The van der Waals surface area contributed by atoms with Gasteiger partial charge in [-0.1, -0.05) is 6.42 Å². The van der Waals surface area contributed by atoms with E-state index >= 15 is 0 Å².